The van der Waals surface area contributed by atoms with E-state index in [9.17, 15) is 14.7 Å². The quantitative estimate of drug-likeness (QED) is 0.246. The second kappa shape index (κ2) is 14.3. The van der Waals surface area contributed by atoms with Crippen molar-refractivity contribution in [3.63, 3.8) is 0 Å². The highest BCUT2D eigenvalue weighted by atomic mass is 32.2. The number of carbonyl (C=O) groups excluding carboxylic acids is 1. The highest BCUT2D eigenvalue weighted by molar-refractivity contribution is 8.01. The molecule has 0 aliphatic carbocycles. The fraction of sp³-hybridized carbons (Fsp3) is 0.654. The Bertz CT molecular complexity index is 842. The first-order chi connectivity index (χ1) is 16.6. The van der Waals surface area contributed by atoms with E-state index in [1.54, 1.807) is 0 Å². The van der Waals surface area contributed by atoms with Crippen molar-refractivity contribution >= 4 is 35.3 Å². The number of nitrogens with one attached hydrogen (secondary N) is 4. The Labute approximate surface area is 214 Å². The van der Waals surface area contributed by atoms with Crippen molar-refractivity contribution in [3.05, 3.63) is 29.8 Å². The highest BCUT2D eigenvalue weighted by Gasteiger charge is 2.29. The number of carboxylic acid groups (broad SMARTS) is 1. The lowest BCUT2D eigenvalue weighted by Crippen LogP contribution is -2.44. The first kappa shape index (κ1) is 29.0. The predicted molar refractivity (Wildman–Crippen MR) is 146 cm³/mol. The molecule has 35 heavy (non-hydrogen) atoms. The molecule has 1 aliphatic heterocycles. The zero-order valence-electron chi connectivity index (χ0n) is 21.8. The SMILES string of the molecule is CC(C)SC(C)(C)[C@H](C)CN[C@@H](Cc1ccc(NC(=O)CCCNC2=NCCCN2)cc1)C(=O)O. The number of aliphatic imine (C=N–C) groups is 1. The summed E-state index contributed by atoms with van der Waals surface area (Å²) in [6, 6.07) is 6.76. The fourth-order valence-corrected chi connectivity index (χ4v) is 5.36. The van der Waals surface area contributed by atoms with Gasteiger partial charge < -0.3 is 26.4 Å². The van der Waals surface area contributed by atoms with E-state index in [0.717, 1.165) is 31.0 Å². The molecule has 0 aromatic heterocycles. The lowest BCUT2D eigenvalue weighted by Gasteiger charge is -2.34. The first-order valence-corrected chi connectivity index (χ1v) is 13.5. The van der Waals surface area contributed by atoms with E-state index in [-0.39, 0.29) is 10.7 Å². The smallest absolute Gasteiger partial charge is 0.321 e. The minimum atomic E-state index is -0.855. The maximum absolute atomic E-state index is 12.2. The molecule has 2 rings (SSSR count). The molecule has 1 amide bonds. The zero-order chi connectivity index (χ0) is 25.8. The number of hydrogen-bond acceptors (Lipinski definition) is 7. The Kier molecular flexibility index (Phi) is 11.9. The average Bonchev–Trinajstić information content (AvgIpc) is 2.80. The second-order valence-electron chi connectivity index (χ2n) is 9.96. The molecule has 0 saturated carbocycles. The monoisotopic (exact) mass is 505 g/mol. The molecule has 1 aromatic rings. The Morgan fingerprint density at radius 1 is 1.20 bits per heavy atom. The third-order valence-corrected chi connectivity index (χ3v) is 7.62. The summed E-state index contributed by atoms with van der Waals surface area (Å²) in [7, 11) is 0. The number of benzene rings is 1. The van der Waals surface area contributed by atoms with Crippen molar-refractivity contribution in [3.8, 4) is 0 Å². The molecule has 5 N–H and O–H groups in total. The zero-order valence-corrected chi connectivity index (χ0v) is 22.6. The van der Waals surface area contributed by atoms with Crippen molar-refractivity contribution < 1.29 is 14.7 Å². The number of anilines is 1. The molecule has 0 unspecified atom stereocenters. The molecule has 0 bridgehead atoms. The van der Waals surface area contributed by atoms with E-state index in [4.69, 9.17) is 0 Å². The van der Waals surface area contributed by atoms with Crippen molar-refractivity contribution in [1.82, 2.24) is 16.0 Å². The number of carboxylic acids is 1. The third-order valence-electron chi connectivity index (χ3n) is 6.14. The van der Waals surface area contributed by atoms with Gasteiger partial charge in [0.05, 0.1) is 0 Å². The van der Waals surface area contributed by atoms with Crippen LogP contribution in [0.25, 0.3) is 0 Å². The van der Waals surface area contributed by atoms with Crippen LogP contribution in [0.5, 0.6) is 0 Å². The lowest BCUT2D eigenvalue weighted by atomic mass is 9.96. The van der Waals surface area contributed by atoms with E-state index in [1.807, 2.05) is 36.0 Å². The van der Waals surface area contributed by atoms with E-state index in [0.29, 0.717) is 49.2 Å². The van der Waals surface area contributed by atoms with Crippen molar-refractivity contribution in [2.75, 3.05) is 31.5 Å². The topological polar surface area (TPSA) is 115 Å². The molecule has 0 saturated heterocycles. The summed E-state index contributed by atoms with van der Waals surface area (Å²) in [5.74, 6) is 0.233. The van der Waals surface area contributed by atoms with Gasteiger partial charge in [0.25, 0.3) is 0 Å². The van der Waals surface area contributed by atoms with E-state index in [1.165, 1.54) is 0 Å². The Morgan fingerprint density at radius 2 is 1.91 bits per heavy atom. The molecule has 0 radical (unpaired) electrons. The van der Waals surface area contributed by atoms with Gasteiger partial charge in [0.2, 0.25) is 5.91 Å². The van der Waals surface area contributed by atoms with Crippen LogP contribution >= 0.6 is 11.8 Å². The number of nitrogens with zero attached hydrogens (tertiary/aromatic N) is 1. The van der Waals surface area contributed by atoms with E-state index < -0.39 is 12.0 Å². The van der Waals surface area contributed by atoms with Crippen LogP contribution in [-0.2, 0) is 16.0 Å². The molecule has 196 valence electrons. The summed E-state index contributed by atoms with van der Waals surface area (Å²) in [5, 5.41) is 22.8. The number of amides is 1. The number of hydrogen-bond donors (Lipinski definition) is 5. The lowest BCUT2D eigenvalue weighted by molar-refractivity contribution is -0.139. The van der Waals surface area contributed by atoms with Crippen LogP contribution in [-0.4, -0.2) is 65.2 Å². The number of guanidine groups is 1. The molecule has 1 aromatic carbocycles. The Balaban J connectivity index is 1.77. The van der Waals surface area contributed by atoms with E-state index >= 15 is 0 Å². The standard InChI is InChI=1S/C26H43N5O3S/c1-18(2)35-26(4,5)19(3)17-30-22(24(33)34)16-20-9-11-21(12-10-20)31-23(32)8-6-13-27-25-28-14-7-15-29-25/h9-12,18-19,22,30H,6-8,13-17H2,1-5H3,(H,31,32)(H,33,34)(H2,27,28,29)/t19-,22+/m1/s1. The van der Waals surface area contributed by atoms with Gasteiger partial charge in [-0.3, -0.25) is 14.6 Å². The largest absolute Gasteiger partial charge is 0.480 e. The number of thioether (sulfide) groups is 1. The highest BCUT2D eigenvalue weighted by Crippen LogP contribution is 2.35. The summed E-state index contributed by atoms with van der Waals surface area (Å²) >= 11 is 1.91. The van der Waals surface area contributed by atoms with Crippen LogP contribution in [0.4, 0.5) is 5.69 Å². The summed E-state index contributed by atoms with van der Waals surface area (Å²) in [6.07, 6.45) is 2.56. The van der Waals surface area contributed by atoms with Crippen LogP contribution in [0.3, 0.4) is 0 Å². The van der Waals surface area contributed by atoms with Gasteiger partial charge in [-0.1, -0.05) is 46.8 Å². The molecular weight excluding hydrogens is 462 g/mol. The van der Waals surface area contributed by atoms with Crippen LogP contribution in [0.15, 0.2) is 29.3 Å². The van der Waals surface area contributed by atoms with E-state index in [2.05, 4.69) is 60.9 Å². The van der Waals surface area contributed by atoms with Gasteiger partial charge in [0, 0.05) is 36.5 Å². The molecule has 2 atom stereocenters. The maximum atomic E-state index is 12.2. The minimum absolute atomic E-state index is 0.0426. The van der Waals surface area contributed by atoms with Gasteiger partial charge in [-0.05, 0) is 54.7 Å². The fourth-order valence-electron chi connectivity index (χ4n) is 3.83. The number of carbonyl (C=O) groups is 2. The maximum Gasteiger partial charge on any atom is 0.321 e. The van der Waals surface area contributed by atoms with Crippen molar-refractivity contribution in [2.45, 2.75) is 76.3 Å². The second-order valence-corrected chi connectivity index (χ2v) is 12.2. The van der Waals surface area contributed by atoms with Gasteiger partial charge in [-0.25, -0.2) is 0 Å². The normalized spacial score (nSPS) is 15.7. The van der Waals surface area contributed by atoms with Crippen LogP contribution in [0.2, 0.25) is 0 Å². The Morgan fingerprint density at radius 3 is 2.51 bits per heavy atom. The molecule has 8 nitrogen and oxygen atoms in total. The predicted octanol–water partition coefficient (Wildman–Crippen LogP) is 3.49. The summed E-state index contributed by atoms with van der Waals surface area (Å²) in [6.45, 7) is 14.0. The van der Waals surface area contributed by atoms with Gasteiger partial charge in [-0.15, -0.1) is 0 Å². The average molecular weight is 506 g/mol. The summed E-state index contributed by atoms with van der Waals surface area (Å²) in [5.41, 5.74) is 1.63. The molecule has 1 aliphatic rings. The minimum Gasteiger partial charge on any atom is -0.480 e. The van der Waals surface area contributed by atoms with Gasteiger partial charge >= 0.3 is 5.97 Å². The van der Waals surface area contributed by atoms with Crippen LogP contribution in [0.1, 0.15) is 59.4 Å². The molecule has 0 fully saturated rings. The van der Waals surface area contributed by atoms with Crippen molar-refractivity contribution in [2.24, 2.45) is 10.9 Å². The summed E-state index contributed by atoms with van der Waals surface area (Å²) in [4.78, 5) is 28.4. The molecule has 1 heterocycles. The molecule has 9 heteroatoms. The summed E-state index contributed by atoms with van der Waals surface area (Å²) < 4.78 is 0.0566. The van der Waals surface area contributed by atoms with Gasteiger partial charge in [-0.2, -0.15) is 11.8 Å². The van der Waals surface area contributed by atoms with Gasteiger partial charge in [0.1, 0.15) is 6.04 Å². The van der Waals surface area contributed by atoms with Crippen LogP contribution in [0, 0.1) is 5.92 Å². The number of rotatable bonds is 14. The van der Waals surface area contributed by atoms with Crippen LogP contribution < -0.4 is 21.3 Å². The number of aliphatic carboxylic acids is 1. The van der Waals surface area contributed by atoms with Gasteiger partial charge in [0.15, 0.2) is 5.96 Å². The third kappa shape index (κ3) is 10.9. The Hall–Kier alpha value is -2.26. The van der Waals surface area contributed by atoms with Crippen molar-refractivity contribution in [1.29, 1.82) is 0 Å². The molecular formula is C26H43N5O3S. The first-order valence-electron chi connectivity index (χ1n) is 12.6. The molecule has 0 spiro atoms.